The maximum atomic E-state index is 13.7. The lowest BCUT2D eigenvalue weighted by molar-refractivity contribution is -0.137. The zero-order valence-corrected chi connectivity index (χ0v) is 18.9. The maximum Gasteiger partial charge on any atom is 0.416 e. The largest absolute Gasteiger partial charge is 0.416 e. The second-order valence-corrected chi connectivity index (χ2v) is 9.70. The van der Waals surface area contributed by atoms with Crippen molar-refractivity contribution < 1.29 is 21.6 Å². The lowest BCUT2D eigenvalue weighted by Crippen LogP contribution is -2.29. The van der Waals surface area contributed by atoms with Gasteiger partial charge in [-0.25, -0.2) is 8.42 Å². The van der Waals surface area contributed by atoms with Crippen molar-refractivity contribution in [3.63, 3.8) is 0 Å². The molecule has 0 atom stereocenters. The monoisotopic (exact) mass is 483 g/mol. The van der Waals surface area contributed by atoms with Crippen LogP contribution in [0.3, 0.4) is 0 Å². The average molecular weight is 484 g/mol. The highest BCUT2D eigenvalue weighted by molar-refractivity contribution is 7.91. The quantitative estimate of drug-likeness (QED) is 0.365. The van der Waals surface area contributed by atoms with Crippen LogP contribution in [0.25, 0.3) is 11.3 Å². The Hall–Kier alpha value is -3.65. The van der Waals surface area contributed by atoms with E-state index < -0.39 is 32.0 Å². The molecule has 4 nitrogen and oxygen atoms in total. The van der Waals surface area contributed by atoms with Crippen LogP contribution >= 0.6 is 0 Å². The summed E-state index contributed by atoms with van der Waals surface area (Å²) >= 11 is 0. The smallest absolute Gasteiger partial charge is 0.303 e. The van der Waals surface area contributed by atoms with E-state index in [4.69, 9.17) is 0 Å². The van der Waals surface area contributed by atoms with Crippen molar-refractivity contribution in [3.8, 4) is 11.3 Å². The number of benzene rings is 3. The molecule has 8 heteroatoms. The Labute approximate surface area is 194 Å². The fraction of sp³-hybridized carbons (Fsp3) is 0.115. The van der Waals surface area contributed by atoms with E-state index in [1.807, 2.05) is 0 Å². The average Bonchev–Trinajstić information content (AvgIpc) is 2.81. The number of sulfone groups is 1. The summed E-state index contributed by atoms with van der Waals surface area (Å²) in [6.45, 7) is 1.31. The molecule has 1 heterocycles. The van der Waals surface area contributed by atoms with E-state index >= 15 is 0 Å². The highest BCUT2D eigenvalue weighted by Gasteiger charge is 2.31. The Morgan fingerprint density at radius 1 is 0.824 bits per heavy atom. The molecule has 174 valence electrons. The molecule has 0 N–H and O–H groups in total. The van der Waals surface area contributed by atoms with Gasteiger partial charge < -0.3 is 4.57 Å². The Morgan fingerprint density at radius 2 is 1.44 bits per heavy atom. The lowest BCUT2D eigenvalue weighted by atomic mass is 10.1. The van der Waals surface area contributed by atoms with Gasteiger partial charge in [-0.3, -0.25) is 4.79 Å². The highest BCUT2D eigenvalue weighted by atomic mass is 32.2. The van der Waals surface area contributed by atoms with Gasteiger partial charge in [0.25, 0.3) is 5.56 Å². The van der Waals surface area contributed by atoms with Gasteiger partial charge in [-0.05, 0) is 53.9 Å². The van der Waals surface area contributed by atoms with Crippen LogP contribution in [-0.2, 0) is 22.6 Å². The molecule has 0 saturated heterocycles. The predicted molar refractivity (Wildman–Crippen MR) is 123 cm³/mol. The van der Waals surface area contributed by atoms with E-state index in [0.717, 1.165) is 12.1 Å². The van der Waals surface area contributed by atoms with E-state index in [1.165, 1.54) is 35.8 Å². The molecular formula is C26H20F3NO3S. The topological polar surface area (TPSA) is 56.1 Å². The van der Waals surface area contributed by atoms with Crippen molar-refractivity contribution in [2.75, 3.05) is 0 Å². The number of alkyl halides is 3. The van der Waals surface area contributed by atoms with Gasteiger partial charge in [-0.15, -0.1) is 0 Å². The Bertz CT molecular complexity index is 1490. The first-order chi connectivity index (χ1) is 16.1. The molecule has 0 fully saturated rings. The number of pyridine rings is 1. The lowest BCUT2D eigenvalue weighted by Gasteiger charge is -2.18. The van der Waals surface area contributed by atoms with E-state index in [9.17, 15) is 26.4 Å². The van der Waals surface area contributed by atoms with Crippen LogP contribution in [-0.4, -0.2) is 13.0 Å². The number of hydrogen-bond donors (Lipinski definition) is 0. The van der Waals surface area contributed by atoms with Crippen LogP contribution in [0.2, 0.25) is 0 Å². The minimum atomic E-state index is -4.54. The molecule has 4 aromatic rings. The predicted octanol–water partition coefficient (Wildman–Crippen LogP) is 5.72. The Morgan fingerprint density at radius 3 is 2.06 bits per heavy atom. The molecular weight excluding hydrogens is 463 g/mol. The second kappa shape index (κ2) is 8.95. The molecule has 34 heavy (non-hydrogen) atoms. The van der Waals surface area contributed by atoms with Gasteiger partial charge in [0.2, 0.25) is 9.84 Å². The molecule has 3 aromatic carbocycles. The van der Waals surface area contributed by atoms with Gasteiger partial charge in [-0.2, -0.15) is 13.2 Å². The van der Waals surface area contributed by atoms with E-state index in [0.29, 0.717) is 11.3 Å². The second-order valence-electron chi connectivity index (χ2n) is 7.81. The van der Waals surface area contributed by atoms with Gasteiger partial charge in [0.05, 0.1) is 22.7 Å². The van der Waals surface area contributed by atoms with Crippen molar-refractivity contribution >= 4 is 9.84 Å². The Kier molecular flexibility index (Phi) is 6.18. The third kappa shape index (κ3) is 4.54. The molecule has 0 bridgehead atoms. The van der Waals surface area contributed by atoms with Crippen molar-refractivity contribution in [2.45, 2.75) is 29.4 Å². The van der Waals surface area contributed by atoms with E-state index in [1.54, 1.807) is 54.6 Å². The summed E-state index contributed by atoms with van der Waals surface area (Å²) in [7, 11) is -4.16. The molecule has 0 spiro atoms. The van der Waals surface area contributed by atoms with Crippen LogP contribution < -0.4 is 5.56 Å². The van der Waals surface area contributed by atoms with Crippen molar-refractivity contribution in [3.05, 3.63) is 118 Å². The van der Waals surface area contributed by atoms with Gasteiger partial charge in [0.15, 0.2) is 0 Å². The van der Waals surface area contributed by atoms with Crippen LogP contribution in [0.15, 0.2) is 106 Å². The molecule has 0 saturated carbocycles. The molecule has 1 aromatic heterocycles. The van der Waals surface area contributed by atoms with E-state index in [2.05, 4.69) is 0 Å². The van der Waals surface area contributed by atoms with Gasteiger partial charge in [0, 0.05) is 0 Å². The molecule has 0 amide bonds. The van der Waals surface area contributed by atoms with Crippen LogP contribution in [0.4, 0.5) is 13.2 Å². The minimum Gasteiger partial charge on any atom is -0.303 e. The molecule has 0 radical (unpaired) electrons. The first-order valence-electron chi connectivity index (χ1n) is 10.3. The normalized spacial score (nSPS) is 12.0. The fourth-order valence-electron chi connectivity index (χ4n) is 3.83. The Balaban J connectivity index is 1.96. The number of nitrogens with zero attached hydrogens (tertiary/aromatic N) is 1. The molecule has 0 aliphatic carbocycles. The zero-order chi connectivity index (χ0) is 24.5. The number of aromatic nitrogens is 1. The maximum absolute atomic E-state index is 13.7. The van der Waals surface area contributed by atoms with Crippen molar-refractivity contribution in [1.29, 1.82) is 0 Å². The van der Waals surface area contributed by atoms with Crippen LogP contribution in [0.1, 0.15) is 16.7 Å². The summed E-state index contributed by atoms with van der Waals surface area (Å²) in [4.78, 5) is 13.2. The number of halogens is 3. The van der Waals surface area contributed by atoms with Gasteiger partial charge in [-0.1, -0.05) is 60.7 Å². The third-order valence-corrected chi connectivity index (χ3v) is 7.36. The summed E-state index contributed by atoms with van der Waals surface area (Å²) in [5.74, 6) is 0. The summed E-state index contributed by atoms with van der Waals surface area (Å²) in [5, 5.41) is 0. The van der Waals surface area contributed by atoms with Crippen molar-refractivity contribution in [2.24, 2.45) is 0 Å². The first-order valence-corrected chi connectivity index (χ1v) is 11.8. The first kappa shape index (κ1) is 23.5. The van der Waals surface area contributed by atoms with Crippen molar-refractivity contribution in [1.82, 2.24) is 4.57 Å². The number of aryl methyl sites for hydroxylation is 1. The SMILES string of the molecule is Cc1cc(-c2ccccc2)n(Cc2cccc(C(F)(F)F)c2)c(=O)c1S(=O)(=O)c1ccccc1. The van der Waals surface area contributed by atoms with Gasteiger partial charge >= 0.3 is 6.18 Å². The zero-order valence-electron chi connectivity index (χ0n) is 18.1. The molecule has 0 unspecified atom stereocenters. The summed E-state index contributed by atoms with van der Waals surface area (Å²) in [6, 6.07) is 22.6. The fourth-order valence-corrected chi connectivity index (χ4v) is 5.40. The molecule has 0 aliphatic rings. The number of rotatable bonds is 5. The molecule has 4 rings (SSSR count). The number of hydrogen-bond acceptors (Lipinski definition) is 3. The molecule has 0 aliphatic heterocycles. The summed E-state index contributed by atoms with van der Waals surface area (Å²) in [6.07, 6.45) is -4.54. The highest BCUT2D eigenvalue weighted by Crippen LogP contribution is 2.30. The third-order valence-electron chi connectivity index (χ3n) is 5.43. The minimum absolute atomic E-state index is 0.0340. The van der Waals surface area contributed by atoms with Crippen LogP contribution in [0, 0.1) is 6.92 Å². The van der Waals surface area contributed by atoms with E-state index in [-0.39, 0.29) is 22.6 Å². The summed E-state index contributed by atoms with van der Waals surface area (Å²) in [5.41, 5.74) is -0.108. The summed E-state index contributed by atoms with van der Waals surface area (Å²) < 4.78 is 67.6. The van der Waals surface area contributed by atoms with Gasteiger partial charge in [0.1, 0.15) is 4.90 Å². The van der Waals surface area contributed by atoms with Crippen LogP contribution in [0.5, 0.6) is 0 Å². The standard InChI is InChI=1S/C26H20F3NO3S/c1-18-15-23(20-10-4-2-5-11-20)30(17-19-9-8-12-21(16-19)26(27,28)29)25(31)24(18)34(32,33)22-13-6-3-7-14-22/h2-16H,17H2,1H3.